The Labute approximate surface area is 204 Å². The number of alkyl halides is 3. The number of halogens is 4. The predicted octanol–water partition coefficient (Wildman–Crippen LogP) is 5.43. The van der Waals surface area contributed by atoms with E-state index >= 15 is 0 Å². The molecule has 1 unspecified atom stereocenters. The van der Waals surface area contributed by atoms with Crippen LogP contribution in [0.2, 0.25) is 0 Å². The minimum absolute atomic E-state index is 0.122. The molecule has 1 aromatic carbocycles. The molecule has 0 radical (unpaired) electrons. The lowest BCUT2D eigenvalue weighted by atomic mass is 9.87. The predicted molar refractivity (Wildman–Crippen MR) is 124 cm³/mol. The van der Waals surface area contributed by atoms with Crippen molar-refractivity contribution in [2.75, 3.05) is 7.11 Å². The number of imidazole rings is 1. The van der Waals surface area contributed by atoms with Gasteiger partial charge in [-0.2, -0.15) is 18.3 Å². The average molecular weight is 498 g/mol. The first-order valence-electron chi connectivity index (χ1n) is 11.3. The summed E-state index contributed by atoms with van der Waals surface area (Å²) in [4.78, 5) is 13.2. The Morgan fingerprint density at radius 1 is 1.11 bits per heavy atom. The van der Waals surface area contributed by atoms with Crippen molar-refractivity contribution in [3.8, 4) is 11.6 Å². The molecule has 0 fully saturated rings. The van der Waals surface area contributed by atoms with Crippen molar-refractivity contribution in [2.24, 2.45) is 0 Å². The van der Waals surface area contributed by atoms with E-state index in [1.165, 1.54) is 7.11 Å². The Balaban J connectivity index is 1.45. The molecule has 36 heavy (non-hydrogen) atoms. The Bertz CT molecular complexity index is 1440. The maximum Gasteiger partial charge on any atom is 0.416 e. The van der Waals surface area contributed by atoms with E-state index in [0.29, 0.717) is 42.6 Å². The van der Waals surface area contributed by atoms with E-state index in [9.17, 15) is 17.6 Å². The van der Waals surface area contributed by atoms with E-state index in [-0.39, 0.29) is 5.56 Å². The molecule has 0 bridgehead atoms. The van der Waals surface area contributed by atoms with Gasteiger partial charge in [0.25, 0.3) is 0 Å². The number of hydrogen-bond acceptors (Lipinski definition) is 5. The molecule has 4 aromatic rings. The third-order valence-electron chi connectivity index (χ3n) is 6.03. The summed E-state index contributed by atoms with van der Waals surface area (Å²) in [7, 11) is 1.52. The molecule has 0 saturated carbocycles. The van der Waals surface area contributed by atoms with Gasteiger partial charge in [-0.15, -0.1) is 0 Å². The SMILES string of the molecule is COc1nc(C=Cc2nc3n(n2)CCCC3c2cc(F)ccc2C(F)(F)F)ccc1-n1cnc(C)c1. The third kappa shape index (κ3) is 4.60. The Kier molecular flexibility index (Phi) is 6.07. The van der Waals surface area contributed by atoms with Crippen LogP contribution in [0.3, 0.4) is 0 Å². The number of methoxy groups -OCH3 is 1. The first-order valence-corrected chi connectivity index (χ1v) is 11.3. The number of pyridine rings is 1. The van der Waals surface area contributed by atoms with Crippen LogP contribution in [0.15, 0.2) is 42.9 Å². The van der Waals surface area contributed by atoms with Gasteiger partial charge >= 0.3 is 6.18 Å². The fraction of sp³-hybridized carbons (Fsp3) is 0.280. The lowest BCUT2D eigenvalue weighted by molar-refractivity contribution is -0.138. The molecule has 0 spiro atoms. The van der Waals surface area contributed by atoms with Crippen molar-refractivity contribution >= 4 is 12.2 Å². The van der Waals surface area contributed by atoms with Crippen molar-refractivity contribution in [3.05, 3.63) is 82.8 Å². The lowest BCUT2D eigenvalue weighted by Crippen LogP contribution is -2.21. The van der Waals surface area contributed by atoms with E-state index in [1.54, 1.807) is 33.8 Å². The second kappa shape index (κ2) is 9.21. The Morgan fingerprint density at radius 2 is 1.94 bits per heavy atom. The van der Waals surface area contributed by atoms with Crippen LogP contribution >= 0.6 is 0 Å². The van der Waals surface area contributed by atoms with E-state index in [1.807, 2.05) is 19.2 Å². The molecule has 0 amide bonds. The fourth-order valence-corrected chi connectivity index (χ4v) is 4.41. The summed E-state index contributed by atoms with van der Waals surface area (Å²) >= 11 is 0. The summed E-state index contributed by atoms with van der Waals surface area (Å²) in [6.45, 7) is 2.40. The molecule has 1 atom stereocenters. The number of rotatable bonds is 5. The molecule has 5 rings (SSSR count). The highest BCUT2D eigenvalue weighted by atomic mass is 19.4. The van der Waals surface area contributed by atoms with Gasteiger partial charge in [0, 0.05) is 18.7 Å². The topological polar surface area (TPSA) is 70.7 Å². The molecule has 0 aliphatic carbocycles. The molecule has 0 N–H and O–H groups in total. The maximum absolute atomic E-state index is 13.9. The molecule has 4 heterocycles. The lowest BCUT2D eigenvalue weighted by Gasteiger charge is -2.25. The van der Waals surface area contributed by atoms with E-state index in [0.717, 1.165) is 29.6 Å². The average Bonchev–Trinajstić information content (AvgIpc) is 3.47. The van der Waals surface area contributed by atoms with Crippen molar-refractivity contribution in [1.29, 1.82) is 0 Å². The highest BCUT2D eigenvalue weighted by Crippen LogP contribution is 2.40. The maximum atomic E-state index is 13.9. The van der Waals surface area contributed by atoms with E-state index in [2.05, 4.69) is 20.1 Å². The van der Waals surface area contributed by atoms with Gasteiger partial charge in [0.05, 0.1) is 30.4 Å². The van der Waals surface area contributed by atoms with Crippen LogP contribution in [0, 0.1) is 12.7 Å². The molecule has 3 aromatic heterocycles. The van der Waals surface area contributed by atoms with Crippen molar-refractivity contribution in [2.45, 2.75) is 38.4 Å². The van der Waals surface area contributed by atoms with Crippen molar-refractivity contribution in [3.63, 3.8) is 0 Å². The van der Waals surface area contributed by atoms with Crippen LogP contribution in [0.5, 0.6) is 5.88 Å². The van der Waals surface area contributed by atoms with Gasteiger partial charge in [0.2, 0.25) is 5.88 Å². The van der Waals surface area contributed by atoms with Crippen LogP contribution in [-0.4, -0.2) is 36.4 Å². The number of hydrogen-bond donors (Lipinski definition) is 0. The summed E-state index contributed by atoms with van der Waals surface area (Å²) in [5.74, 6) is -0.316. The van der Waals surface area contributed by atoms with Gasteiger partial charge in [-0.25, -0.2) is 24.0 Å². The summed E-state index contributed by atoms with van der Waals surface area (Å²) in [5.41, 5.74) is 1.19. The number of ether oxygens (including phenoxy) is 1. The molecular weight excluding hydrogens is 476 g/mol. The van der Waals surface area contributed by atoms with Gasteiger partial charge in [-0.05, 0) is 67.8 Å². The summed E-state index contributed by atoms with van der Waals surface area (Å²) in [6.07, 6.45) is 3.29. The largest absolute Gasteiger partial charge is 0.479 e. The number of fused-ring (bicyclic) bond motifs is 1. The van der Waals surface area contributed by atoms with E-state index < -0.39 is 23.5 Å². The third-order valence-corrected chi connectivity index (χ3v) is 6.03. The van der Waals surface area contributed by atoms with Crippen LogP contribution in [0.4, 0.5) is 17.6 Å². The van der Waals surface area contributed by atoms with Gasteiger partial charge < -0.3 is 9.30 Å². The number of nitrogens with zero attached hydrogens (tertiary/aromatic N) is 6. The van der Waals surface area contributed by atoms with Gasteiger partial charge in [0.1, 0.15) is 17.3 Å². The Morgan fingerprint density at radius 3 is 2.67 bits per heavy atom. The van der Waals surface area contributed by atoms with Crippen LogP contribution in [0.25, 0.3) is 17.8 Å². The zero-order valence-electron chi connectivity index (χ0n) is 19.5. The molecule has 1 aliphatic heterocycles. The summed E-state index contributed by atoms with van der Waals surface area (Å²) < 4.78 is 63.6. The zero-order chi connectivity index (χ0) is 25.4. The van der Waals surface area contributed by atoms with Gasteiger partial charge in [-0.3, -0.25) is 0 Å². The van der Waals surface area contributed by atoms with Crippen LogP contribution in [0.1, 0.15) is 52.9 Å². The zero-order valence-corrected chi connectivity index (χ0v) is 19.5. The number of aryl methyl sites for hydroxylation is 2. The molecule has 11 heteroatoms. The number of aromatic nitrogens is 6. The van der Waals surface area contributed by atoms with Crippen molar-refractivity contribution < 1.29 is 22.3 Å². The monoisotopic (exact) mass is 498 g/mol. The van der Waals surface area contributed by atoms with E-state index in [4.69, 9.17) is 4.74 Å². The molecule has 186 valence electrons. The summed E-state index contributed by atoms with van der Waals surface area (Å²) in [5, 5.41) is 4.44. The molecular formula is C25H22F4N6O. The minimum atomic E-state index is -4.60. The highest BCUT2D eigenvalue weighted by molar-refractivity contribution is 5.65. The smallest absolute Gasteiger partial charge is 0.416 e. The normalized spacial score (nSPS) is 15.9. The van der Waals surface area contributed by atoms with Gasteiger partial charge in [0.15, 0.2) is 5.82 Å². The van der Waals surface area contributed by atoms with Crippen molar-refractivity contribution in [1.82, 2.24) is 29.3 Å². The summed E-state index contributed by atoms with van der Waals surface area (Å²) in [6, 6.07) is 6.21. The first-order chi connectivity index (χ1) is 17.2. The highest BCUT2D eigenvalue weighted by Gasteiger charge is 2.37. The van der Waals surface area contributed by atoms with Crippen LogP contribution in [-0.2, 0) is 12.7 Å². The van der Waals surface area contributed by atoms with Crippen LogP contribution < -0.4 is 4.74 Å². The molecule has 7 nitrogen and oxygen atoms in total. The number of benzene rings is 1. The second-order valence-electron chi connectivity index (χ2n) is 8.50. The molecule has 0 saturated heterocycles. The quantitative estimate of drug-likeness (QED) is 0.343. The second-order valence-corrected chi connectivity index (χ2v) is 8.50. The fourth-order valence-electron chi connectivity index (χ4n) is 4.41. The molecule has 1 aliphatic rings. The minimum Gasteiger partial charge on any atom is -0.479 e. The van der Waals surface area contributed by atoms with Gasteiger partial charge in [-0.1, -0.05) is 0 Å². The Hall–Kier alpha value is -4.02. The first kappa shape index (κ1) is 23.7. The standard InChI is InChI=1S/C25H22F4N6O/c1-15-13-34(14-30-15)21-9-6-17(31-24(21)36-2)7-10-22-32-23-18(4-3-11-35(23)33-22)19-12-16(26)5-8-20(19)25(27,28)29/h5-10,12-14,18H,3-4,11H2,1-2H3.